The average Bonchev–Trinajstić information content (AvgIpc) is 1.85. The SMILES string of the molecule is OP(OCCl)OCCCl. The van der Waals surface area contributed by atoms with Gasteiger partial charge in [-0.2, -0.15) is 0 Å². The Hall–Kier alpha value is 0.890. The van der Waals surface area contributed by atoms with Crippen molar-refractivity contribution in [2.45, 2.75) is 0 Å². The van der Waals surface area contributed by atoms with Gasteiger partial charge < -0.3 is 9.42 Å². The van der Waals surface area contributed by atoms with E-state index in [1.165, 1.54) is 0 Å². The van der Waals surface area contributed by atoms with Crippen molar-refractivity contribution in [1.82, 2.24) is 0 Å². The van der Waals surface area contributed by atoms with E-state index in [1.807, 2.05) is 0 Å². The highest BCUT2D eigenvalue weighted by Gasteiger charge is 2.02. The molecular formula is C3H7Cl2O3P. The summed E-state index contributed by atoms with van der Waals surface area (Å²) in [7, 11) is -1.80. The zero-order valence-electron chi connectivity index (χ0n) is 4.59. The molecule has 9 heavy (non-hydrogen) atoms. The molecule has 0 aliphatic rings. The number of alkyl halides is 2. The van der Waals surface area contributed by atoms with Crippen LogP contribution in [0.2, 0.25) is 0 Å². The Morgan fingerprint density at radius 1 is 1.33 bits per heavy atom. The molecule has 0 spiro atoms. The lowest BCUT2D eigenvalue weighted by molar-refractivity contribution is 0.233. The van der Waals surface area contributed by atoms with Crippen LogP contribution in [0.3, 0.4) is 0 Å². The summed E-state index contributed by atoms with van der Waals surface area (Å²) in [6, 6.07) is -0.0650. The van der Waals surface area contributed by atoms with Gasteiger partial charge >= 0.3 is 8.60 Å². The minimum atomic E-state index is -1.80. The van der Waals surface area contributed by atoms with E-state index in [2.05, 4.69) is 9.05 Å². The van der Waals surface area contributed by atoms with Gasteiger partial charge in [-0.05, 0) is 0 Å². The molecule has 0 saturated heterocycles. The number of rotatable bonds is 5. The monoisotopic (exact) mass is 192 g/mol. The van der Waals surface area contributed by atoms with Crippen molar-refractivity contribution in [3.8, 4) is 0 Å². The maximum atomic E-state index is 8.66. The standard InChI is InChI=1S/C3H7Cl2O3P/c4-1-2-7-9(6)8-3-5/h6H,1-3H2. The van der Waals surface area contributed by atoms with Crippen LogP contribution in [0.5, 0.6) is 0 Å². The molecule has 1 atom stereocenters. The quantitative estimate of drug-likeness (QED) is 0.533. The average molecular weight is 193 g/mol. The fraction of sp³-hybridized carbons (Fsp3) is 1.00. The van der Waals surface area contributed by atoms with Crippen molar-refractivity contribution < 1.29 is 13.9 Å². The fourth-order valence-corrected chi connectivity index (χ4v) is 1.03. The zero-order chi connectivity index (χ0) is 7.11. The maximum Gasteiger partial charge on any atom is 0.331 e. The highest BCUT2D eigenvalue weighted by atomic mass is 35.5. The molecule has 0 amide bonds. The molecule has 0 aromatic heterocycles. The summed E-state index contributed by atoms with van der Waals surface area (Å²) in [5.74, 6) is 0.338. The molecule has 0 radical (unpaired) electrons. The van der Waals surface area contributed by atoms with Crippen molar-refractivity contribution in [2.24, 2.45) is 0 Å². The van der Waals surface area contributed by atoms with Gasteiger partial charge in [0, 0.05) is 5.88 Å². The number of halogens is 2. The fourth-order valence-electron chi connectivity index (χ4n) is 0.192. The van der Waals surface area contributed by atoms with E-state index in [-0.39, 0.29) is 12.7 Å². The van der Waals surface area contributed by atoms with Crippen molar-refractivity contribution in [3.05, 3.63) is 0 Å². The van der Waals surface area contributed by atoms with E-state index < -0.39 is 8.60 Å². The molecule has 0 aromatic carbocycles. The molecule has 3 nitrogen and oxygen atoms in total. The Morgan fingerprint density at radius 3 is 2.44 bits per heavy atom. The lowest BCUT2D eigenvalue weighted by atomic mass is 10.9. The number of hydrogen-bond acceptors (Lipinski definition) is 3. The Labute approximate surface area is 64.9 Å². The summed E-state index contributed by atoms with van der Waals surface area (Å²) >= 11 is 10.3. The maximum absolute atomic E-state index is 8.66. The van der Waals surface area contributed by atoms with E-state index in [4.69, 9.17) is 28.1 Å². The molecule has 0 rings (SSSR count). The van der Waals surface area contributed by atoms with Crippen molar-refractivity contribution in [2.75, 3.05) is 18.6 Å². The van der Waals surface area contributed by atoms with Crippen LogP contribution in [0.25, 0.3) is 0 Å². The van der Waals surface area contributed by atoms with Crippen LogP contribution in [0, 0.1) is 0 Å². The van der Waals surface area contributed by atoms with Crippen molar-refractivity contribution in [3.63, 3.8) is 0 Å². The van der Waals surface area contributed by atoms with Crippen LogP contribution in [0.4, 0.5) is 0 Å². The third-order valence-corrected chi connectivity index (χ3v) is 1.61. The van der Waals surface area contributed by atoms with E-state index in [0.717, 1.165) is 0 Å². The highest BCUT2D eigenvalue weighted by molar-refractivity contribution is 7.40. The minimum absolute atomic E-state index is 0.0650. The molecule has 1 N–H and O–H groups in total. The van der Waals surface area contributed by atoms with E-state index in [9.17, 15) is 0 Å². The second kappa shape index (κ2) is 7.00. The second-order valence-corrected chi connectivity index (χ2v) is 2.59. The van der Waals surface area contributed by atoms with E-state index in [1.54, 1.807) is 0 Å². The first-order valence-electron chi connectivity index (χ1n) is 2.18. The highest BCUT2D eigenvalue weighted by Crippen LogP contribution is 2.32. The molecule has 0 bridgehead atoms. The summed E-state index contributed by atoms with van der Waals surface area (Å²) in [6.45, 7) is 0.278. The Morgan fingerprint density at radius 2 is 2.00 bits per heavy atom. The molecule has 0 aromatic rings. The Kier molecular flexibility index (Phi) is 7.69. The molecule has 0 aliphatic heterocycles. The normalized spacial score (nSPS) is 13.7. The third-order valence-electron chi connectivity index (χ3n) is 0.438. The van der Waals surface area contributed by atoms with E-state index in [0.29, 0.717) is 5.88 Å². The molecule has 1 unspecified atom stereocenters. The van der Waals surface area contributed by atoms with Gasteiger partial charge in [-0.25, -0.2) is 0 Å². The first-order chi connectivity index (χ1) is 4.31. The predicted octanol–water partition coefficient (Wildman–Crippen LogP) is 1.67. The summed E-state index contributed by atoms with van der Waals surface area (Å²) < 4.78 is 9.06. The first-order valence-corrected chi connectivity index (χ1v) is 4.38. The van der Waals surface area contributed by atoms with Crippen LogP contribution < -0.4 is 0 Å². The summed E-state index contributed by atoms with van der Waals surface area (Å²) in [5.41, 5.74) is 0. The van der Waals surface area contributed by atoms with Crippen LogP contribution in [0.15, 0.2) is 0 Å². The topological polar surface area (TPSA) is 38.7 Å². The Bertz CT molecular complexity index is 65.0. The molecule has 0 aliphatic carbocycles. The lowest BCUT2D eigenvalue weighted by Crippen LogP contribution is -1.91. The molecule has 0 heterocycles. The van der Waals surface area contributed by atoms with Crippen LogP contribution in [-0.2, 0) is 9.05 Å². The van der Waals surface area contributed by atoms with Gasteiger partial charge in [0.05, 0.1) is 6.61 Å². The predicted molar refractivity (Wildman–Crippen MR) is 37.6 cm³/mol. The van der Waals surface area contributed by atoms with Crippen LogP contribution in [0.1, 0.15) is 0 Å². The second-order valence-electron chi connectivity index (χ2n) is 0.998. The molecular weight excluding hydrogens is 186 g/mol. The third kappa shape index (κ3) is 6.78. The van der Waals surface area contributed by atoms with E-state index >= 15 is 0 Å². The molecule has 0 saturated carbocycles. The summed E-state index contributed by atoms with van der Waals surface area (Å²) in [4.78, 5) is 8.66. The minimum Gasteiger partial charge on any atom is -0.328 e. The largest absolute Gasteiger partial charge is 0.331 e. The zero-order valence-corrected chi connectivity index (χ0v) is 6.99. The molecule has 56 valence electrons. The summed E-state index contributed by atoms with van der Waals surface area (Å²) in [5, 5.41) is 0. The van der Waals surface area contributed by atoms with Crippen molar-refractivity contribution in [1.29, 1.82) is 0 Å². The van der Waals surface area contributed by atoms with Gasteiger partial charge in [0.1, 0.15) is 6.07 Å². The van der Waals surface area contributed by atoms with Gasteiger partial charge in [0.15, 0.2) is 0 Å². The van der Waals surface area contributed by atoms with Gasteiger partial charge in [0.2, 0.25) is 0 Å². The Balaban J connectivity index is 2.95. The van der Waals surface area contributed by atoms with Gasteiger partial charge in [-0.3, -0.25) is 4.52 Å². The first kappa shape index (κ1) is 9.89. The molecule has 0 fully saturated rings. The molecule has 6 heteroatoms. The number of hydrogen-bond donors (Lipinski definition) is 1. The van der Waals surface area contributed by atoms with Gasteiger partial charge in [-0.1, -0.05) is 11.6 Å². The smallest absolute Gasteiger partial charge is 0.328 e. The van der Waals surface area contributed by atoms with Gasteiger partial charge in [-0.15, -0.1) is 11.6 Å². The van der Waals surface area contributed by atoms with Crippen LogP contribution in [-0.4, -0.2) is 23.4 Å². The van der Waals surface area contributed by atoms with Crippen molar-refractivity contribution >= 4 is 31.8 Å². The lowest BCUT2D eigenvalue weighted by Gasteiger charge is -2.05. The summed E-state index contributed by atoms with van der Waals surface area (Å²) in [6.07, 6.45) is 0. The van der Waals surface area contributed by atoms with Gasteiger partial charge in [0.25, 0.3) is 0 Å². The van der Waals surface area contributed by atoms with Crippen LogP contribution >= 0.6 is 31.8 Å².